The van der Waals surface area contributed by atoms with Gasteiger partial charge in [0, 0.05) is 23.1 Å². The van der Waals surface area contributed by atoms with Gasteiger partial charge in [0.05, 0.1) is 31.5 Å². The highest BCUT2D eigenvalue weighted by Gasteiger charge is 2.18. The molecule has 0 aliphatic heterocycles. The summed E-state index contributed by atoms with van der Waals surface area (Å²) in [6.45, 7) is 0.206. The number of nitrogens with zero attached hydrogens (tertiary/aromatic N) is 4. The van der Waals surface area contributed by atoms with E-state index in [2.05, 4.69) is 15.1 Å². The molecule has 6 rings (SSSR count). The van der Waals surface area contributed by atoms with E-state index in [0.717, 1.165) is 5.39 Å². The molecule has 0 saturated carbocycles. The van der Waals surface area contributed by atoms with Crippen LogP contribution in [0.3, 0.4) is 0 Å². The van der Waals surface area contributed by atoms with Gasteiger partial charge in [-0.05, 0) is 29.5 Å². The van der Waals surface area contributed by atoms with Crippen LogP contribution >= 0.6 is 22.7 Å². The number of hydrogen-bond donors (Lipinski definition) is 0. The van der Waals surface area contributed by atoms with Gasteiger partial charge in [-0.2, -0.15) is 0 Å². The van der Waals surface area contributed by atoms with Gasteiger partial charge in [0.25, 0.3) is 5.19 Å². The second-order valence-corrected chi connectivity index (χ2v) is 9.26. The Labute approximate surface area is 206 Å². The lowest BCUT2D eigenvalue weighted by Crippen LogP contribution is -1.97. The van der Waals surface area contributed by atoms with Crippen molar-refractivity contribution in [1.82, 2.24) is 19.6 Å². The van der Waals surface area contributed by atoms with E-state index in [0.29, 0.717) is 55.0 Å². The maximum Gasteiger partial charge on any atom is 0.294 e. The van der Waals surface area contributed by atoms with Crippen LogP contribution in [0.5, 0.6) is 16.7 Å². The molecule has 4 heterocycles. The number of fused-ring (bicyclic) bond motifs is 2. The molecule has 176 valence electrons. The average molecular weight is 509 g/mol. The highest BCUT2D eigenvalue weighted by Crippen LogP contribution is 2.38. The summed E-state index contributed by atoms with van der Waals surface area (Å²) < 4.78 is 38.5. The molecule has 0 saturated heterocycles. The molecule has 0 N–H and O–H groups in total. The number of ether oxygens (including phenoxy) is 3. The summed E-state index contributed by atoms with van der Waals surface area (Å²) in [5, 5.41) is 8.07. The van der Waals surface area contributed by atoms with Crippen molar-refractivity contribution in [1.29, 1.82) is 0 Å². The third-order valence-corrected chi connectivity index (χ3v) is 7.10. The fourth-order valence-electron chi connectivity index (χ4n) is 3.61. The Morgan fingerprint density at radius 1 is 1.09 bits per heavy atom. The highest BCUT2D eigenvalue weighted by molar-refractivity contribution is 7.18. The first kappa shape index (κ1) is 21.6. The molecule has 0 radical (unpaired) electrons. The molecule has 4 aromatic heterocycles. The smallest absolute Gasteiger partial charge is 0.294 e. The largest absolute Gasteiger partial charge is 0.496 e. The van der Waals surface area contributed by atoms with Crippen LogP contribution in [0, 0.1) is 5.82 Å². The van der Waals surface area contributed by atoms with E-state index in [-0.39, 0.29) is 12.4 Å². The first-order chi connectivity index (χ1) is 17.1. The standard InChI is InChI=1S/C24H17FN4O4S2/c1-30-14-7-19(32-11-13-12-34-22(26-13)15-5-3-4-6-17(15)25)16-9-21(33-20(16)8-14)18-10-29-23(27-18)35-24(28-29)31-2/h3-10,12H,11H2,1-2H3. The fraction of sp³-hybridized carbons (Fsp3) is 0.125. The Bertz CT molecular complexity index is 1640. The second-order valence-electron chi connectivity index (χ2n) is 7.49. The van der Waals surface area contributed by atoms with Crippen molar-refractivity contribution >= 4 is 38.6 Å². The number of hydrogen-bond acceptors (Lipinski definition) is 9. The van der Waals surface area contributed by atoms with E-state index < -0.39 is 0 Å². The minimum atomic E-state index is -0.303. The van der Waals surface area contributed by atoms with Crippen molar-refractivity contribution in [2.75, 3.05) is 14.2 Å². The minimum Gasteiger partial charge on any atom is -0.496 e. The highest BCUT2D eigenvalue weighted by atomic mass is 32.1. The zero-order valence-electron chi connectivity index (χ0n) is 18.5. The molecule has 0 bridgehead atoms. The Morgan fingerprint density at radius 2 is 1.97 bits per heavy atom. The number of furan rings is 1. The lowest BCUT2D eigenvalue weighted by atomic mass is 10.2. The van der Waals surface area contributed by atoms with Crippen molar-refractivity contribution in [2.24, 2.45) is 0 Å². The number of imidazole rings is 1. The number of halogens is 1. The predicted molar refractivity (Wildman–Crippen MR) is 131 cm³/mol. The molecular weight excluding hydrogens is 491 g/mol. The van der Waals surface area contributed by atoms with Gasteiger partial charge in [0.2, 0.25) is 4.96 Å². The SMILES string of the molecule is COc1cc(OCc2csc(-c3ccccc3F)n2)c2cc(-c3cn4nc(OC)sc4n3)oc2c1. The molecule has 0 spiro atoms. The Hall–Kier alpha value is -3.96. The van der Waals surface area contributed by atoms with Gasteiger partial charge in [-0.25, -0.2) is 18.9 Å². The first-order valence-corrected chi connectivity index (χ1v) is 12.1. The first-order valence-electron chi connectivity index (χ1n) is 10.5. The number of aromatic nitrogens is 4. The van der Waals surface area contributed by atoms with Gasteiger partial charge < -0.3 is 18.6 Å². The van der Waals surface area contributed by atoms with Gasteiger partial charge in [0.1, 0.15) is 40.2 Å². The molecule has 0 fully saturated rings. The molecule has 0 atom stereocenters. The molecular formula is C24H17FN4O4S2. The lowest BCUT2D eigenvalue weighted by Gasteiger charge is -2.08. The molecule has 0 amide bonds. The van der Waals surface area contributed by atoms with Gasteiger partial charge in [-0.15, -0.1) is 16.4 Å². The van der Waals surface area contributed by atoms with Crippen LogP contribution < -0.4 is 14.2 Å². The summed E-state index contributed by atoms with van der Waals surface area (Å²) in [6, 6.07) is 12.0. The second kappa shape index (κ2) is 8.67. The molecule has 0 aliphatic rings. The molecule has 35 heavy (non-hydrogen) atoms. The fourth-order valence-corrected chi connectivity index (χ4v) is 5.14. The van der Waals surface area contributed by atoms with Gasteiger partial charge in [-0.1, -0.05) is 12.1 Å². The summed E-state index contributed by atoms with van der Waals surface area (Å²) in [5.41, 5.74) is 2.41. The number of thiazole rings is 1. The molecule has 8 nitrogen and oxygen atoms in total. The minimum absolute atomic E-state index is 0.206. The van der Waals surface area contributed by atoms with Crippen molar-refractivity contribution in [3.63, 3.8) is 0 Å². The lowest BCUT2D eigenvalue weighted by molar-refractivity contribution is 0.303. The van der Waals surface area contributed by atoms with Crippen molar-refractivity contribution < 1.29 is 23.0 Å². The summed E-state index contributed by atoms with van der Waals surface area (Å²) in [5.74, 6) is 1.44. The Morgan fingerprint density at radius 3 is 2.77 bits per heavy atom. The Balaban J connectivity index is 1.30. The maximum absolute atomic E-state index is 14.1. The zero-order chi connectivity index (χ0) is 23.9. The summed E-state index contributed by atoms with van der Waals surface area (Å²) in [6.07, 6.45) is 1.78. The monoisotopic (exact) mass is 508 g/mol. The van der Waals surface area contributed by atoms with Crippen molar-refractivity contribution in [3.05, 3.63) is 65.6 Å². The van der Waals surface area contributed by atoms with E-state index >= 15 is 0 Å². The third kappa shape index (κ3) is 3.98. The molecule has 0 unspecified atom stereocenters. The van der Waals surface area contributed by atoms with E-state index in [1.165, 1.54) is 28.7 Å². The third-order valence-electron chi connectivity index (χ3n) is 5.29. The topological polar surface area (TPSA) is 83.9 Å². The van der Waals surface area contributed by atoms with Crippen LogP contribution in [0.1, 0.15) is 5.69 Å². The van der Waals surface area contributed by atoms with Crippen molar-refractivity contribution in [3.8, 4) is 38.7 Å². The van der Waals surface area contributed by atoms with Crippen LogP contribution in [-0.4, -0.2) is 33.8 Å². The van der Waals surface area contributed by atoms with Gasteiger partial charge in [-0.3, -0.25) is 0 Å². The van der Waals surface area contributed by atoms with E-state index in [9.17, 15) is 4.39 Å². The van der Waals surface area contributed by atoms with E-state index in [4.69, 9.17) is 18.6 Å². The van der Waals surface area contributed by atoms with Crippen LogP contribution in [0.25, 0.3) is 38.0 Å². The zero-order valence-corrected chi connectivity index (χ0v) is 20.2. The maximum atomic E-state index is 14.1. The molecule has 11 heteroatoms. The van der Waals surface area contributed by atoms with Crippen LogP contribution in [0.15, 0.2) is 58.5 Å². The van der Waals surface area contributed by atoms with Crippen molar-refractivity contribution in [2.45, 2.75) is 6.61 Å². The molecule has 0 aliphatic carbocycles. The summed E-state index contributed by atoms with van der Waals surface area (Å²) in [4.78, 5) is 9.81. The van der Waals surface area contributed by atoms with Crippen LogP contribution in [0.4, 0.5) is 4.39 Å². The molecule has 6 aromatic rings. The average Bonchev–Trinajstić information content (AvgIpc) is 3.64. The van der Waals surface area contributed by atoms with E-state index in [1.54, 1.807) is 55.3 Å². The van der Waals surface area contributed by atoms with Crippen LogP contribution in [-0.2, 0) is 6.61 Å². The quantitative estimate of drug-likeness (QED) is 0.259. The number of methoxy groups -OCH3 is 2. The summed E-state index contributed by atoms with van der Waals surface area (Å²) in [7, 11) is 3.15. The number of benzene rings is 2. The van der Waals surface area contributed by atoms with Gasteiger partial charge in [0.15, 0.2) is 5.76 Å². The molecule has 2 aromatic carbocycles. The Kier molecular flexibility index (Phi) is 5.34. The normalized spacial score (nSPS) is 11.4. The predicted octanol–water partition coefficient (Wildman–Crippen LogP) is 6.06. The van der Waals surface area contributed by atoms with Crippen LogP contribution in [0.2, 0.25) is 0 Å². The van der Waals surface area contributed by atoms with Gasteiger partial charge >= 0.3 is 0 Å². The van der Waals surface area contributed by atoms with E-state index in [1.807, 2.05) is 11.4 Å². The summed E-state index contributed by atoms with van der Waals surface area (Å²) >= 11 is 2.71. The number of rotatable bonds is 7.